The van der Waals surface area contributed by atoms with E-state index in [1.165, 1.54) is 6.08 Å². The quantitative estimate of drug-likeness (QED) is 0.464. The SMILES string of the molecule is O=C(C=Cc1ccccc1)c1cc(F)c(F)cc1F. The van der Waals surface area contributed by atoms with Crippen LogP contribution in [0.5, 0.6) is 0 Å². The minimum absolute atomic E-state index is 0.360. The fraction of sp³-hybridized carbons (Fsp3) is 0. The van der Waals surface area contributed by atoms with E-state index in [1.54, 1.807) is 24.3 Å². The summed E-state index contributed by atoms with van der Waals surface area (Å²) >= 11 is 0. The lowest BCUT2D eigenvalue weighted by Gasteiger charge is -2.00. The molecule has 0 radical (unpaired) electrons. The minimum Gasteiger partial charge on any atom is -0.289 e. The van der Waals surface area contributed by atoms with Crippen LogP contribution < -0.4 is 0 Å². The summed E-state index contributed by atoms with van der Waals surface area (Å²) in [5.74, 6) is -4.37. The zero-order valence-electron chi connectivity index (χ0n) is 9.74. The third-order valence-corrected chi connectivity index (χ3v) is 2.50. The lowest BCUT2D eigenvalue weighted by atomic mass is 10.1. The average molecular weight is 262 g/mol. The second kappa shape index (κ2) is 5.52. The number of rotatable bonds is 3. The highest BCUT2D eigenvalue weighted by Crippen LogP contribution is 2.15. The molecule has 2 aromatic rings. The fourth-order valence-electron chi connectivity index (χ4n) is 1.54. The van der Waals surface area contributed by atoms with Gasteiger partial charge in [0.25, 0.3) is 0 Å². The smallest absolute Gasteiger partial charge is 0.188 e. The van der Waals surface area contributed by atoms with Crippen LogP contribution in [0.4, 0.5) is 13.2 Å². The van der Waals surface area contributed by atoms with Gasteiger partial charge in [-0.2, -0.15) is 0 Å². The van der Waals surface area contributed by atoms with Crippen LogP contribution in [0.1, 0.15) is 15.9 Å². The van der Waals surface area contributed by atoms with Crippen LogP contribution in [-0.4, -0.2) is 5.78 Å². The van der Waals surface area contributed by atoms with Gasteiger partial charge in [-0.3, -0.25) is 4.79 Å². The van der Waals surface area contributed by atoms with Gasteiger partial charge in [-0.15, -0.1) is 0 Å². The maximum Gasteiger partial charge on any atom is 0.188 e. The van der Waals surface area contributed by atoms with Crippen LogP contribution in [-0.2, 0) is 0 Å². The van der Waals surface area contributed by atoms with E-state index in [9.17, 15) is 18.0 Å². The van der Waals surface area contributed by atoms with Crippen LogP contribution in [0.15, 0.2) is 48.5 Å². The molecule has 2 aromatic carbocycles. The molecule has 0 aliphatic heterocycles. The number of benzene rings is 2. The fourth-order valence-corrected chi connectivity index (χ4v) is 1.54. The molecule has 0 saturated carbocycles. The van der Waals surface area contributed by atoms with E-state index in [2.05, 4.69) is 0 Å². The first-order valence-electron chi connectivity index (χ1n) is 5.50. The van der Waals surface area contributed by atoms with E-state index in [0.717, 1.165) is 11.6 Å². The molecule has 2 rings (SSSR count). The molecule has 0 aliphatic carbocycles. The van der Waals surface area contributed by atoms with Crippen molar-refractivity contribution in [3.8, 4) is 0 Å². The van der Waals surface area contributed by atoms with Gasteiger partial charge in [0, 0.05) is 6.07 Å². The molecule has 0 amide bonds. The normalized spacial score (nSPS) is 10.9. The van der Waals surface area contributed by atoms with E-state index in [4.69, 9.17) is 0 Å². The second-order valence-corrected chi connectivity index (χ2v) is 3.85. The van der Waals surface area contributed by atoms with Crippen molar-refractivity contribution >= 4 is 11.9 Å². The molecule has 0 spiro atoms. The number of ketones is 1. The predicted molar refractivity (Wildman–Crippen MR) is 66.1 cm³/mol. The molecule has 0 atom stereocenters. The van der Waals surface area contributed by atoms with Crippen molar-refractivity contribution in [2.75, 3.05) is 0 Å². The Balaban J connectivity index is 2.26. The van der Waals surface area contributed by atoms with Gasteiger partial charge < -0.3 is 0 Å². The number of carbonyl (C=O) groups excluding carboxylic acids is 1. The molecule has 96 valence electrons. The number of allylic oxidation sites excluding steroid dienone is 1. The van der Waals surface area contributed by atoms with Gasteiger partial charge in [0.05, 0.1) is 5.56 Å². The molecular weight excluding hydrogens is 253 g/mol. The summed E-state index contributed by atoms with van der Waals surface area (Å²) in [6, 6.07) is 9.80. The summed E-state index contributed by atoms with van der Waals surface area (Å²) in [5.41, 5.74) is 0.255. The lowest BCUT2D eigenvalue weighted by molar-refractivity contribution is 0.104. The van der Waals surface area contributed by atoms with E-state index < -0.39 is 28.8 Å². The maximum absolute atomic E-state index is 13.3. The van der Waals surface area contributed by atoms with Crippen molar-refractivity contribution in [3.05, 3.63) is 77.1 Å². The maximum atomic E-state index is 13.3. The van der Waals surface area contributed by atoms with E-state index in [1.807, 2.05) is 6.07 Å². The minimum atomic E-state index is -1.32. The zero-order valence-corrected chi connectivity index (χ0v) is 9.74. The first-order chi connectivity index (χ1) is 9.08. The zero-order chi connectivity index (χ0) is 13.8. The van der Waals surface area contributed by atoms with Crippen molar-refractivity contribution in [2.24, 2.45) is 0 Å². The Morgan fingerprint density at radius 1 is 0.895 bits per heavy atom. The van der Waals surface area contributed by atoms with Gasteiger partial charge in [0.15, 0.2) is 17.4 Å². The highest BCUT2D eigenvalue weighted by molar-refractivity contribution is 6.07. The van der Waals surface area contributed by atoms with Gasteiger partial charge in [-0.25, -0.2) is 13.2 Å². The summed E-state index contributed by atoms with van der Waals surface area (Å²) in [4.78, 5) is 11.7. The molecule has 0 saturated heterocycles. The van der Waals surface area contributed by atoms with Gasteiger partial charge >= 0.3 is 0 Å². The van der Waals surface area contributed by atoms with Crippen molar-refractivity contribution in [2.45, 2.75) is 0 Å². The van der Waals surface area contributed by atoms with Gasteiger partial charge in [-0.05, 0) is 17.7 Å². The Bertz CT molecular complexity index is 633. The highest BCUT2D eigenvalue weighted by Gasteiger charge is 2.14. The molecule has 0 N–H and O–H groups in total. The Morgan fingerprint density at radius 2 is 1.53 bits per heavy atom. The first kappa shape index (κ1) is 13.1. The Kier molecular flexibility index (Phi) is 3.80. The monoisotopic (exact) mass is 262 g/mol. The van der Waals surface area contributed by atoms with Crippen LogP contribution in [0.2, 0.25) is 0 Å². The van der Waals surface area contributed by atoms with Crippen molar-refractivity contribution in [1.82, 2.24) is 0 Å². The van der Waals surface area contributed by atoms with Gasteiger partial charge in [0.2, 0.25) is 0 Å². The molecule has 4 heteroatoms. The van der Waals surface area contributed by atoms with Gasteiger partial charge in [-0.1, -0.05) is 36.4 Å². The van der Waals surface area contributed by atoms with Crippen LogP contribution in [0.25, 0.3) is 6.08 Å². The number of hydrogen-bond donors (Lipinski definition) is 0. The molecule has 0 unspecified atom stereocenters. The average Bonchev–Trinajstić information content (AvgIpc) is 2.41. The molecule has 1 nitrogen and oxygen atoms in total. The summed E-state index contributed by atoms with van der Waals surface area (Å²) in [6.07, 6.45) is 2.59. The summed E-state index contributed by atoms with van der Waals surface area (Å²) < 4.78 is 39.0. The molecular formula is C15H9F3O. The van der Waals surface area contributed by atoms with Crippen molar-refractivity contribution < 1.29 is 18.0 Å². The predicted octanol–water partition coefficient (Wildman–Crippen LogP) is 4.00. The number of halogens is 3. The molecule has 0 fully saturated rings. The van der Waals surface area contributed by atoms with Crippen LogP contribution in [0, 0.1) is 17.5 Å². The Morgan fingerprint density at radius 3 is 2.21 bits per heavy atom. The van der Waals surface area contributed by atoms with E-state index in [-0.39, 0.29) is 0 Å². The molecule has 0 heterocycles. The Hall–Kier alpha value is -2.36. The summed E-state index contributed by atoms with van der Waals surface area (Å²) in [5, 5.41) is 0. The topological polar surface area (TPSA) is 17.1 Å². The molecule has 0 bridgehead atoms. The third-order valence-electron chi connectivity index (χ3n) is 2.50. The second-order valence-electron chi connectivity index (χ2n) is 3.85. The number of carbonyl (C=O) groups is 1. The molecule has 0 aromatic heterocycles. The summed E-state index contributed by atoms with van der Waals surface area (Å²) in [6.45, 7) is 0. The Labute approximate surface area is 108 Å². The van der Waals surface area contributed by atoms with E-state index in [0.29, 0.717) is 12.1 Å². The van der Waals surface area contributed by atoms with Crippen molar-refractivity contribution in [3.63, 3.8) is 0 Å². The van der Waals surface area contributed by atoms with Crippen LogP contribution >= 0.6 is 0 Å². The molecule has 0 aliphatic rings. The van der Waals surface area contributed by atoms with Crippen LogP contribution in [0.3, 0.4) is 0 Å². The van der Waals surface area contributed by atoms with Crippen molar-refractivity contribution in [1.29, 1.82) is 0 Å². The summed E-state index contributed by atoms with van der Waals surface area (Å²) in [7, 11) is 0. The lowest BCUT2D eigenvalue weighted by Crippen LogP contribution is -2.01. The third kappa shape index (κ3) is 3.10. The first-order valence-corrected chi connectivity index (χ1v) is 5.50. The molecule has 19 heavy (non-hydrogen) atoms. The number of hydrogen-bond acceptors (Lipinski definition) is 1. The largest absolute Gasteiger partial charge is 0.289 e. The standard InChI is InChI=1S/C15H9F3O/c16-12-9-14(18)13(17)8-11(12)15(19)7-6-10-4-2-1-3-5-10/h1-9H. The van der Waals surface area contributed by atoms with E-state index >= 15 is 0 Å². The highest BCUT2D eigenvalue weighted by atomic mass is 19.2. The van der Waals surface area contributed by atoms with Gasteiger partial charge in [0.1, 0.15) is 5.82 Å².